The quantitative estimate of drug-likeness (QED) is 0.578. The molecule has 2 rings (SSSR count). The maximum atomic E-state index is 12.3. The molecule has 4 heteroatoms. The van der Waals surface area contributed by atoms with Gasteiger partial charge in [0.15, 0.2) is 12.6 Å². The Kier molecular flexibility index (Phi) is 5.35. The lowest BCUT2D eigenvalue weighted by Crippen LogP contribution is -2.02. The summed E-state index contributed by atoms with van der Waals surface area (Å²) in [5.41, 5.74) is 1.24. The average Bonchev–Trinajstić information content (AvgIpc) is 2.54. The number of rotatable bonds is 7. The molecule has 0 aromatic heterocycles. The molecule has 4 nitrogen and oxygen atoms in total. The van der Waals surface area contributed by atoms with E-state index in [0.29, 0.717) is 23.5 Å². The normalized spacial score (nSPS) is 10.2. The number of carbonyl (C=O) groups is 1. The number of ketones is 1. The molecule has 2 aromatic carbocycles. The van der Waals surface area contributed by atoms with Crippen molar-refractivity contribution in [2.75, 3.05) is 20.5 Å². The molecule has 0 saturated carbocycles. The lowest BCUT2D eigenvalue weighted by atomic mass is 10.0. The molecule has 0 fully saturated rings. The van der Waals surface area contributed by atoms with E-state index in [4.69, 9.17) is 14.2 Å². The number of hydrogen-bond acceptors (Lipinski definition) is 4. The van der Waals surface area contributed by atoms with Crippen molar-refractivity contribution >= 4 is 5.78 Å². The molecule has 2 aromatic rings. The second-order valence-corrected chi connectivity index (χ2v) is 4.36. The predicted octanol–water partition coefficient (Wildman–Crippen LogP) is 3.30. The highest BCUT2D eigenvalue weighted by atomic mass is 16.7. The molecule has 0 aliphatic heterocycles. The molecule has 0 unspecified atom stereocenters. The van der Waals surface area contributed by atoms with Crippen LogP contribution in [0, 0.1) is 0 Å². The third-order valence-corrected chi connectivity index (χ3v) is 2.89. The first kappa shape index (κ1) is 15.1. The van der Waals surface area contributed by atoms with E-state index in [1.54, 1.807) is 55.6 Å². The zero-order valence-corrected chi connectivity index (χ0v) is 12.2. The number of benzene rings is 2. The highest BCUT2D eigenvalue weighted by Gasteiger charge is 2.09. The fourth-order valence-electron chi connectivity index (χ4n) is 1.87. The van der Waals surface area contributed by atoms with Crippen LogP contribution in [0.3, 0.4) is 0 Å². The molecule has 0 heterocycles. The summed E-state index contributed by atoms with van der Waals surface area (Å²) in [5.74, 6) is 1.40. The molecule has 0 bridgehead atoms. The van der Waals surface area contributed by atoms with Crippen molar-refractivity contribution in [3.05, 3.63) is 59.7 Å². The second-order valence-electron chi connectivity index (χ2n) is 4.36. The SMILES string of the molecule is CCOc1ccc(C(=O)c2ccc(OCOC)cc2)cc1. The standard InChI is InChI=1S/C17H18O4/c1-3-20-15-8-4-13(5-9-15)17(18)14-6-10-16(11-7-14)21-12-19-2/h4-11H,3,12H2,1-2H3. The van der Waals surface area contributed by atoms with Gasteiger partial charge in [-0.3, -0.25) is 4.79 Å². The van der Waals surface area contributed by atoms with Crippen LogP contribution in [0.5, 0.6) is 11.5 Å². The molecule has 0 aliphatic rings. The molecule has 0 radical (unpaired) electrons. The lowest BCUT2D eigenvalue weighted by Gasteiger charge is -2.06. The van der Waals surface area contributed by atoms with Gasteiger partial charge >= 0.3 is 0 Å². The van der Waals surface area contributed by atoms with Crippen LogP contribution in [-0.2, 0) is 4.74 Å². The van der Waals surface area contributed by atoms with Gasteiger partial charge in [0.25, 0.3) is 0 Å². The Labute approximate surface area is 124 Å². The zero-order chi connectivity index (χ0) is 15.1. The Balaban J connectivity index is 2.08. The van der Waals surface area contributed by atoms with Crippen molar-refractivity contribution in [1.29, 1.82) is 0 Å². The summed E-state index contributed by atoms with van der Waals surface area (Å²) >= 11 is 0. The molecule has 0 amide bonds. The van der Waals surface area contributed by atoms with Crippen molar-refractivity contribution in [3.63, 3.8) is 0 Å². The predicted molar refractivity (Wildman–Crippen MR) is 80.0 cm³/mol. The zero-order valence-electron chi connectivity index (χ0n) is 12.2. The van der Waals surface area contributed by atoms with Gasteiger partial charge in [-0.15, -0.1) is 0 Å². The second kappa shape index (κ2) is 7.45. The summed E-state index contributed by atoms with van der Waals surface area (Å²) in [7, 11) is 1.56. The van der Waals surface area contributed by atoms with Gasteiger partial charge in [0, 0.05) is 18.2 Å². The van der Waals surface area contributed by atoms with E-state index in [0.717, 1.165) is 5.75 Å². The van der Waals surface area contributed by atoms with Crippen LogP contribution >= 0.6 is 0 Å². The number of methoxy groups -OCH3 is 1. The van der Waals surface area contributed by atoms with Crippen molar-refractivity contribution in [3.8, 4) is 11.5 Å². The third kappa shape index (κ3) is 4.07. The lowest BCUT2D eigenvalue weighted by molar-refractivity contribution is 0.0511. The van der Waals surface area contributed by atoms with Gasteiger partial charge in [-0.1, -0.05) is 0 Å². The first-order valence-corrected chi connectivity index (χ1v) is 6.74. The van der Waals surface area contributed by atoms with Gasteiger partial charge in [0.1, 0.15) is 11.5 Å². The molecule has 0 spiro atoms. The summed E-state index contributed by atoms with van der Waals surface area (Å²) in [6.07, 6.45) is 0. The number of carbonyl (C=O) groups excluding carboxylic acids is 1. The molecule has 21 heavy (non-hydrogen) atoms. The van der Waals surface area contributed by atoms with E-state index in [9.17, 15) is 4.79 Å². The summed E-state index contributed by atoms with van der Waals surface area (Å²) < 4.78 is 15.5. The Bertz CT molecular complexity index is 573. The molecular formula is C17H18O4. The van der Waals surface area contributed by atoms with E-state index < -0.39 is 0 Å². The summed E-state index contributed by atoms with van der Waals surface area (Å²) in [6.45, 7) is 2.72. The van der Waals surface area contributed by atoms with Crippen LogP contribution in [0.25, 0.3) is 0 Å². The highest BCUT2D eigenvalue weighted by Crippen LogP contribution is 2.18. The van der Waals surface area contributed by atoms with Gasteiger partial charge in [0.05, 0.1) is 6.61 Å². The van der Waals surface area contributed by atoms with Crippen LogP contribution in [0.2, 0.25) is 0 Å². The van der Waals surface area contributed by atoms with Gasteiger partial charge in [-0.25, -0.2) is 0 Å². The summed E-state index contributed by atoms with van der Waals surface area (Å²) in [6, 6.07) is 14.1. The van der Waals surface area contributed by atoms with Crippen LogP contribution in [0.1, 0.15) is 22.8 Å². The van der Waals surface area contributed by atoms with Gasteiger partial charge < -0.3 is 14.2 Å². The topological polar surface area (TPSA) is 44.8 Å². The van der Waals surface area contributed by atoms with E-state index in [1.165, 1.54) is 0 Å². The molecule has 0 atom stereocenters. The monoisotopic (exact) mass is 286 g/mol. The summed E-state index contributed by atoms with van der Waals surface area (Å²) in [4.78, 5) is 12.3. The van der Waals surface area contributed by atoms with Crippen molar-refractivity contribution in [2.24, 2.45) is 0 Å². The smallest absolute Gasteiger partial charge is 0.193 e. The Morgan fingerprint density at radius 1 is 0.857 bits per heavy atom. The Hall–Kier alpha value is -2.33. The third-order valence-electron chi connectivity index (χ3n) is 2.89. The van der Waals surface area contributed by atoms with Gasteiger partial charge in [0.2, 0.25) is 0 Å². The van der Waals surface area contributed by atoms with Crippen molar-refractivity contribution < 1.29 is 19.0 Å². The van der Waals surface area contributed by atoms with E-state index in [2.05, 4.69) is 0 Å². The van der Waals surface area contributed by atoms with Crippen molar-refractivity contribution in [1.82, 2.24) is 0 Å². The first-order valence-electron chi connectivity index (χ1n) is 6.74. The van der Waals surface area contributed by atoms with Gasteiger partial charge in [-0.2, -0.15) is 0 Å². The van der Waals surface area contributed by atoms with E-state index >= 15 is 0 Å². The minimum atomic E-state index is -0.0312. The number of ether oxygens (including phenoxy) is 3. The molecular weight excluding hydrogens is 268 g/mol. The largest absolute Gasteiger partial charge is 0.494 e. The molecule has 0 aliphatic carbocycles. The fourth-order valence-corrected chi connectivity index (χ4v) is 1.87. The Morgan fingerprint density at radius 2 is 1.33 bits per heavy atom. The highest BCUT2D eigenvalue weighted by molar-refractivity contribution is 6.09. The molecule has 0 saturated heterocycles. The van der Waals surface area contributed by atoms with Gasteiger partial charge in [-0.05, 0) is 55.5 Å². The minimum Gasteiger partial charge on any atom is -0.494 e. The van der Waals surface area contributed by atoms with E-state index in [1.807, 2.05) is 6.92 Å². The maximum absolute atomic E-state index is 12.3. The first-order chi connectivity index (χ1) is 10.2. The van der Waals surface area contributed by atoms with Crippen LogP contribution in [0.4, 0.5) is 0 Å². The summed E-state index contributed by atoms with van der Waals surface area (Å²) in [5, 5.41) is 0. The van der Waals surface area contributed by atoms with Crippen LogP contribution < -0.4 is 9.47 Å². The maximum Gasteiger partial charge on any atom is 0.193 e. The minimum absolute atomic E-state index is 0.0312. The van der Waals surface area contributed by atoms with E-state index in [-0.39, 0.29) is 12.6 Å². The molecule has 110 valence electrons. The average molecular weight is 286 g/mol. The van der Waals surface area contributed by atoms with Crippen LogP contribution in [0.15, 0.2) is 48.5 Å². The van der Waals surface area contributed by atoms with Crippen LogP contribution in [-0.4, -0.2) is 26.3 Å². The molecule has 0 N–H and O–H groups in total. The van der Waals surface area contributed by atoms with Crippen molar-refractivity contribution in [2.45, 2.75) is 6.92 Å². The Morgan fingerprint density at radius 3 is 1.76 bits per heavy atom. The number of hydrogen-bond donors (Lipinski definition) is 0. The fraction of sp³-hybridized carbons (Fsp3) is 0.235.